The molecule has 4 nitrogen and oxygen atoms in total. The monoisotopic (exact) mass is 362 g/mol. The van der Waals surface area contributed by atoms with Gasteiger partial charge in [0.25, 0.3) is 0 Å². The summed E-state index contributed by atoms with van der Waals surface area (Å²) in [5.74, 6) is 0.904. The van der Waals surface area contributed by atoms with E-state index in [9.17, 15) is 0 Å². The van der Waals surface area contributed by atoms with Crippen molar-refractivity contribution in [1.82, 2.24) is 10.3 Å². The number of aromatic nitrogens is 1. The maximum atomic E-state index is 5.99. The third kappa shape index (κ3) is 6.20. The first-order chi connectivity index (χ1) is 13.3. The molecule has 3 aromatic rings. The first-order valence-electron chi connectivity index (χ1n) is 9.31. The summed E-state index contributed by atoms with van der Waals surface area (Å²) in [7, 11) is 0. The largest absolute Gasteiger partial charge is 0.489 e. The highest BCUT2D eigenvalue weighted by molar-refractivity contribution is 5.33. The fourth-order valence-corrected chi connectivity index (χ4v) is 2.75. The zero-order chi connectivity index (χ0) is 18.7. The van der Waals surface area contributed by atoms with Crippen LogP contribution in [0.4, 0.5) is 0 Å². The normalized spacial score (nSPS) is 10.7. The molecular formula is C23H26N2O2. The Bertz CT molecular complexity index is 804. The molecule has 0 bridgehead atoms. The molecule has 0 aliphatic carbocycles. The number of benzene rings is 2. The van der Waals surface area contributed by atoms with Gasteiger partial charge < -0.3 is 14.8 Å². The third-order valence-electron chi connectivity index (χ3n) is 4.23. The first kappa shape index (κ1) is 19.1. The van der Waals surface area contributed by atoms with E-state index < -0.39 is 0 Å². The van der Waals surface area contributed by atoms with Gasteiger partial charge in [0.15, 0.2) is 0 Å². The van der Waals surface area contributed by atoms with Gasteiger partial charge in [-0.05, 0) is 30.2 Å². The minimum Gasteiger partial charge on any atom is -0.489 e. The van der Waals surface area contributed by atoms with E-state index >= 15 is 0 Å². The molecule has 0 saturated heterocycles. The summed E-state index contributed by atoms with van der Waals surface area (Å²) in [5, 5.41) is 3.50. The molecule has 1 heterocycles. The highest BCUT2D eigenvalue weighted by Gasteiger charge is 2.04. The second-order valence-electron chi connectivity index (χ2n) is 6.31. The molecule has 0 saturated carbocycles. The lowest BCUT2D eigenvalue weighted by molar-refractivity contribution is 0.134. The number of para-hydroxylation sites is 1. The molecule has 3 rings (SSSR count). The molecule has 1 N–H and O–H groups in total. The van der Waals surface area contributed by atoms with E-state index in [4.69, 9.17) is 9.47 Å². The third-order valence-corrected chi connectivity index (χ3v) is 4.23. The number of nitrogens with one attached hydrogen (secondary N) is 1. The summed E-state index contributed by atoms with van der Waals surface area (Å²) in [6.45, 7) is 5.51. The minimum absolute atomic E-state index is 0.520. The smallest absolute Gasteiger partial charge is 0.124 e. The molecule has 0 radical (unpaired) electrons. The lowest BCUT2D eigenvalue weighted by atomic mass is 10.1. The van der Waals surface area contributed by atoms with Gasteiger partial charge in [-0.15, -0.1) is 0 Å². The van der Waals surface area contributed by atoms with Gasteiger partial charge in [-0.3, -0.25) is 4.98 Å². The van der Waals surface area contributed by atoms with Crippen molar-refractivity contribution in [3.63, 3.8) is 0 Å². The maximum Gasteiger partial charge on any atom is 0.124 e. The number of rotatable bonds is 10. The minimum atomic E-state index is 0.520. The van der Waals surface area contributed by atoms with E-state index in [1.54, 1.807) is 6.20 Å². The highest BCUT2D eigenvalue weighted by atomic mass is 16.5. The van der Waals surface area contributed by atoms with Gasteiger partial charge in [0.1, 0.15) is 12.4 Å². The second-order valence-corrected chi connectivity index (χ2v) is 6.31. The summed E-state index contributed by atoms with van der Waals surface area (Å²) in [4.78, 5) is 4.12. The zero-order valence-electron chi connectivity index (χ0n) is 15.7. The number of nitrogens with zero attached hydrogens (tertiary/aromatic N) is 1. The molecule has 0 aliphatic heterocycles. The maximum absolute atomic E-state index is 5.99. The van der Waals surface area contributed by atoms with Crippen LogP contribution in [-0.4, -0.2) is 11.6 Å². The van der Waals surface area contributed by atoms with Crippen LogP contribution in [0.5, 0.6) is 5.75 Å². The summed E-state index contributed by atoms with van der Waals surface area (Å²) >= 11 is 0. The molecule has 0 spiro atoms. The van der Waals surface area contributed by atoms with E-state index in [2.05, 4.69) is 40.6 Å². The van der Waals surface area contributed by atoms with Crippen molar-refractivity contribution in [1.29, 1.82) is 0 Å². The van der Waals surface area contributed by atoms with Crippen molar-refractivity contribution in [3.8, 4) is 5.75 Å². The number of ether oxygens (including phenoxy) is 2. The van der Waals surface area contributed by atoms with E-state index in [-0.39, 0.29) is 0 Å². The van der Waals surface area contributed by atoms with Crippen LogP contribution < -0.4 is 10.1 Å². The lowest BCUT2D eigenvalue weighted by Crippen LogP contribution is -2.13. The molecule has 27 heavy (non-hydrogen) atoms. The van der Waals surface area contributed by atoms with Gasteiger partial charge in [0.2, 0.25) is 0 Å². The first-order valence-corrected chi connectivity index (χ1v) is 9.31. The summed E-state index contributed by atoms with van der Waals surface area (Å²) in [6, 6.07) is 20.6. The van der Waals surface area contributed by atoms with Crippen LogP contribution in [0.15, 0.2) is 73.1 Å². The molecule has 1 aromatic heterocycles. The highest BCUT2D eigenvalue weighted by Crippen LogP contribution is 2.19. The van der Waals surface area contributed by atoms with Gasteiger partial charge in [-0.25, -0.2) is 0 Å². The fourth-order valence-electron chi connectivity index (χ4n) is 2.75. The fraction of sp³-hybridized carbons (Fsp3) is 0.261. The Morgan fingerprint density at radius 3 is 2.41 bits per heavy atom. The SMILES string of the molecule is CCOCc1ccc(CNCc2ccccc2OCc2cccnc2)cc1. The van der Waals surface area contributed by atoms with Crippen molar-refractivity contribution in [3.05, 3.63) is 95.3 Å². The molecule has 2 aromatic carbocycles. The van der Waals surface area contributed by atoms with Gasteiger partial charge in [0.05, 0.1) is 6.61 Å². The summed E-state index contributed by atoms with van der Waals surface area (Å²) < 4.78 is 11.4. The Labute approximate surface area is 161 Å². The van der Waals surface area contributed by atoms with Crippen molar-refractivity contribution in [2.45, 2.75) is 33.2 Å². The van der Waals surface area contributed by atoms with Crippen molar-refractivity contribution < 1.29 is 9.47 Å². The number of hydrogen-bond acceptors (Lipinski definition) is 4. The predicted molar refractivity (Wildman–Crippen MR) is 107 cm³/mol. The molecule has 0 aliphatic rings. The topological polar surface area (TPSA) is 43.4 Å². The lowest BCUT2D eigenvalue weighted by Gasteiger charge is -2.12. The van der Waals surface area contributed by atoms with Gasteiger partial charge in [-0.2, -0.15) is 0 Å². The molecule has 0 amide bonds. The Morgan fingerprint density at radius 2 is 1.63 bits per heavy atom. The standard InChI is InChI=1S/C23H26N2O2/c1-2-26-17-20-11-9-19(10-12-20)14-25-16-22-7-3-4-8-23(22)27-18-21-6-5-13-24-15-21/h3-13,15,25H,2,14,16-18H2,1H3. The number of pyridine rings is 1. The van der Waals surface area contributed by atoms with Crippen LogP contribution in [0.1, 0.15) is 29.2 Å². The van der Waals surface area contributed by atoms with Crippen molar-refractivity contribution in [2.75, 3.05) is 6.61 Å². The average Bonchev–Trinajstić information content (AvgIpc) is 2.73. The Balaban J connectivity index is 1.50. The van der Waals surface area contributed by atoms with Crippen LogP contribution in [0.2, 0.25) is 0 Å². The van der Waals surface area contributed by atoms with Crippen LogP contribution >= 0.6 is 0 Å². The van der Waals surface area contributed by atoms with E-state index in [1.807, 2.05) is 43.5 Å². The van der Waals surface area contributed by atoms with Crippen LogP contribution in [0, 0.1) is 0 Å². The van der Waals surface area contributed by atoms with Crippen LogP contribution in [0.3, 0.4) is 0 Å². The van der Waals surface area contributed by atoms with E-state index in [1.165, 1.54) is 11.1 Å². The predicted octanol–water partition coefficient (Wildman–Crippen LogP) is 4.49. The van der Waals surface area contributed by atoms with Gasteiger partial charge in [-0.1, -0.05) is 48.5 Å². The van der Waals surface area contributed by atoms with Crippen molar-refractivity contribution in [2.24, 2.45) is 0 Å². The molecule has 4 heteroatoms. The molecule has 0 unspecified atom stereocenters. The molecule has 140 valence electrons. The van der Waals surface area contributed by atoms with Crippen LogP contribution in [-0.2, 0) is 31.0 Å². The quantitative estimate of drug-likeness (QED) is 0.577. The summed E-state index contributed by atoms with van der Waals surface area (Å²) in [5.41, 5.74) is 4.67. The Morgan fingerprint density at radius 1 is 0.815 bits per heavy atom. The Hall–Kier alpha value is -2.69. The Kier molecular flexibility index (Phi) is 7.39. The van der Waals surface area contributed by atoms with Crippen molar-refractivity contribution >= 4 is 0 Å². The van der Waals surface area contributed by atoms with Gasteiger partial charge in [0, 0.05) is 43.2 Å². The van der Waals surface area contributed by atoms with Crippen LogP contribution in [0.25, 0.3) is 0 Å². The van der Waals surface area contributed by atoms with E-state index in [0.717, 1.165) is 36.6 Å². The van der Waals surface area contributed by atoms with E-state index in [0.29, 0.717) is 13.2 Å². The summed E-state index contributed by atoms with van der Waals surface area (Å²) in [6.07, 6.45) is 3.60. The molecule has 0 atom stereocenters. The van der Waals surface area contributed by atoms with Gasteiger partial charge >= 0.3 is 0 Å². The molecule has 0 fully saturated rings. The zero-order valence-corrected chi connectivity index (χ0v) is 15.7. The second kappa shape index (κ2) is 10.5. The molecular weight excluding hydrogens is 336 g/mol. The average molecular weight is 362 g/mol. The number of hydrogen-bond donors (Lipinski definition) is 1.